The van der Waals surface area contributed by atoms with Crippen molar-refractivity contribution < 1.29 is 18.0 Å². The molecule has 0 saturated carbocycles. The molecular formula is C24H26F3N3OS. The molecule has 1 aromatic heterocycles. The van der Waals surface area contributed by atoms with Crippen molar-refractivity contribution in [1.29, 1.82) is 0 Å². The van der Waals surface area contributed by atoms with Crippen LogP contribution in [0.1, 0.15) is 36.8 Å². The summed E-state index contributed by atoms with van der Waals surface area (Å²) in [6.07, 6.45) is 4.79. The third-order valence-electron chi connectivity index (χ3n) is 5.47. The van der Waals surface area contributed by atoms with E-state index in [1.54, 1.807) is 18.0 Å². The van der Waals surface area contributed by atoms with Crippen LogP contribution < -0.4 is 5.73 Å². The molecule has 32 heavy (non-hydrogen) atoms. The number of H-pyrrole nitrogens is 1. The summed E-state index contributed by atoms with van der Waals surface area (Å²) in [6, 6.07) is 16.7. The number of aldehydes is 1. The maximum atomic E-state index is 12.3. The second kappa shape index (κ2) is 10.8. The van der Waals surface area contributed by atoms with Crippen molar-refractivity contribution >= 4 is 18.0 Å². The van der Waals surface area contributed by atoms with E-state index in [0.717, 1.165) is 36.6 Å². The van der Waals surface area contributed by atoms with Gasteiger partial charge in [-0.05, 0) is 35.1 Å². The van der Waals surface area contributed by atoms with Crippen LogP contribution in [0.2, 0.25) is 0 Å². The molecule has 1 aliphatic rings. The fraction of sp³-hybridized carbons (Fsp3) is 0.333. The van der Waals surface area contributed by atoms with Crippen molar-refractivity contribution in [2.24, 2.45) is 5.73 Å². The van der Waals surface area contributed by atoms with Crippen LogP contribution in [-0.4, -0.2) is 34.7 Å². The highest BCUT2D eigenvalue weighted by molar-refractivity contribution is 7.99. The van der Waals surface area contributed by atoms with Gasteiger partial charge < -0.3 is 15.5 Å². The minimum atomic E-state index is -4.18. The van der Waals surface area contributed by atoms with E-state index in [4.69, 9.17) is 0 Å². The van der Waals surface area contributed by atoms with Crippen LogP contribution in [0, 0.1) is 0 Å². The van der Waals surface area contributed by atoms with Crippen LogP contribution >= 0.6 is 11.8 Å². The number of nitrogens with zero attached hydrogens (tertiary/aromatic N) is 1. The highest BCUT2D eigenvalue weighted by atomic mass is 32.2. The average molecular weight is 462 g/mol. The molecule has 0 saturated heterocycles. The minimum absolute atomic E-state index is 0.485. The highest BCUT2D eigenvalue weighted by Crippen LogP contribution is 2.50. The van der Waals surface area contributed by atoms with E-state index >= 15 is 0 Å². The Morgan fingerprint density at radius 3 is 2.09 bits per heavy atom. The van der Waals surface area contributed by atoms with Crippen molar-refractivity contribution in [3.8, 4) is 11.1 Å². The first kappa shape index (κ1) is 24.1. The summed E-state index contributed by atoms with van der Waals surface area (Å²) in [6.45, 7) is -1.23. The minimum Gasteiger partial charge on any atom is -0.340 e. The number of hydrogen-bond acceptors (Lipinski definition) is 4. The predicted octanol–water partition coefficient (Wildman–Crippen LogP) is 5.74. The number of aromatic nitrogens is 2. The number of rotatable bonds is 8. The number of imidazole rings is 1. The van der Waals surface area contributed by atoms with Gasteiger partial charge in [-0.25, -0.2) is 4.98 Å². The first-order valence-electron chi connectivity index (χ1n) is 10.5. The number of thioether (sulfide) groups is 1. The van der Waals surface area contributed by atoms with Gasteiger partial charge >= 0.3 is 6.18 Å². The Bertz CT molecular complexity index is 960. The maximum absolute atomic E-state index is 12.3. The van der Waals surface area contributed by atoms with E-state index in [0.29, 0.717) is 0 Å². The number of carbonyl (C=O) groups excluding carboxylic acids is 1. The third-order valence-corrected chi connectivity index (χ3v) is 6.46. The number of fused-ring (bicyclic) bond motifs is 3. The topological polar surface area (TPSA) is 71.8 Å². The van der Waals surface area contributed by atoms with Gasteiger partial charge in [-0.2, -0.15) is 13.2 Å². The number of halogens is 3. The van der Waals surface area contributed by atoms with Gasteiger partial charge in [-0.15, -0.1) is 0 Å². The third kappa shape index (κ3) is 5.61. The number of carbonyl (C=O) groups is 1. The van der Waals surface area contributed by atoms with E-state index in [1.807, 2.05) is 18.3 Å². The molecule has 4 rings (SSSR count). The van der Waals surface area contributed by atoms with Gasteiger partial charge in [0.2, 0.25) is 0 Å². The Labute approximate surface area is 189 Å². The molecule has 0 fully saturated rings. The van der Waals surface area contributed by atoms with E-state index in [-0.39, 0.29) is 0 Å². The molecule has 0 aliphatic heterocycles. The van der Waals surface area contributed by atoms with Gasteiger partial charge in [-0.3, -0.25) is 0 Å². The zero-order chi connectivity index (χ0) is 23.0. The van der Waals surface area contributed by atoms with Gasteiger partial charge in [0.1, 0.15) is 6.29 Å². The fourth-order valence-corrected chi connectivity index (χ4v) is 4.82. The summed E-state index contributed by atoms with van der Waals surface area (Å²) < 4.78 is 32.0. The SMILES string of the molecule is NCC(F)(F)F.O=CC1(CCCCCSc2ncc[nH]2)c2ccccc2-c2ccccc21. The monoisotopic (exact) mass is 461 g/mol. The molecule has 3 aromatic rings. The summed E-state index contributed by atoms with van der Waals surface area (Å²) in [7, 11) is 0. The Balaban J connectivity index is 0.000000427. The van der Waals surface area contributed by atoms with Gasteiger partial charge in [0.25, 0.3) is 0 Å². The standard InChI is InChI=1S/C22H22N2OS.C2H4F3N/c25-16-22(12-6-1-7-15-26-21-23-13-14-24-21)19-10-4-2-8-17(19)18-9-3-5-11-20(18)22;3-2(4,5)1-6/h2-5,8-11,13-14,16H,1,6-7,12,15H2,(H,23,24);1,6H2. The molecule has 0 spiro atoms. The number of nitrogens with two attached hydrogens (primary N) is 1. The van der Waals surface area contributed by atoms with Crippen LogP contribution in [0.5, 0.6) is 0 Å². The van der Waals surface area contributed by atoms with Crippen molar-refractivity contribution in [3.63, 3.8) is 0 Å². The first-order valence-corrected chi connectivity index (χ1v) is 11.4. The number of alkyl halides is 3. The zero-order valence-corrected chi connectivity index (χ0v) is 18.4. The fourth-order valence-electron chi connectivity index (χ4n) is 4.00. The van der Waals surface area contributed by atoms with E-state index < -0.39 is 18.1 Å². The van der Waals surface area contributed by atoms with E-state index in [1.165, 1.54) is 28.5 Å². The van der Waals surface area contributed by atoms with Crippen LogP contribution in [-0.2, 0) is 10.2 Å². The molecule has 0 radical (unpaired) electrons. The summed E-state index contributed by atoms with van der Waals surface area (Å²) in [5.74, 6) is 1.05. The molecule has 1 heterocycles. The molecule has 4 nitrogen and oxygen atoms in total. The van der Waals surface area contributed by atoms with Gasteiger partial charge in [0, 0.05) is 18.1 Å². The van der Waals surface area contributed by atoms with Crippen molar-refractivity contribution in [3.05, 3.63) is 72.1 Å². The summed E-state index contributed by atoms with van der Waals surface area (Å²) in [4.78, 5) is 19.7. The Morgan fingerprint density at radius 1 is 1.00 bits per heavy atom. The smallest absolute Gasteiger partial charge is 0.340 e. The van der Waals surface area contributed by atoms with E-state index in [2.05, 4.69) is 52.1 Å². The molecule has 0 atom stereocenters. The molecule has 170 valence electrons. The van der Waals surface area contributed by atoms with Gasteiger partial charge in [0.15, 0.2) is 5.16 Å². The lowest BCUT2D eigenvalue weighted by molar-refractivity contribution is -0.118. The molecule has 1 aliphatic carbocycles. The predicted molar refractivity (Wildman–Crippen MR) is 122 cm³/mol. The Morgan fingerprint density at radius 2 is 1.59 bits per heavy atom. The van der Waals surface area contributed by atoms with Crippen LogP contribution in [0.15, 0.2) is 66.1 Å². The van der Waals surface area contributed by atoms with Crippen LogP contribution in [0.25, 0.3) is 11.1 Å². The lowest BCUT2D eigenvalue weighted by Gasteiger charge is -2.25. The summed E-state index contributed by atoms with van der Waals surface area (Å²) in [5.41, 5.74) is 8.45. The molecule has 2 aromatic carbocycles. The normalized spacial score (nSPS) is 13.6. The zero-order valence-electron chi connectivity index (χ0n) is 17.6. The summed E-state index contributed by atoms with van der Waals surface area (Å²) in [5, 5.41) is 0.980. The van der Waals surface area contributed by atoms with Gasteiger partial charge in [0.05, 0.1) is 12.0 Å². The van der Waals surface area contributed by atoms with Crippen molar-refractivity contribution in [2.75, 3.05) is 12.3 Å². The Hall–Kier alpha value is -2.58. The second-order valence-electron chi connectivity index (χ2n) is 7.55. The number of hydrogen-bond donors (Lipinski definition) is 2. The number of unbranched alkanes of at least 4 members (excludes halogenated alkanes) is 2. The van der Waals surface area contributed by atoms with E-state index in [9.17, 15) is 18.0 Å². The molecular weight excluding hydrogens is 435 g/mol. The van der Waals surface area contributed by atoms with Crippen molar-refractivity contribution in [2.45, 2.75) is 42.4 Å². The summed E-state index contributed by atoms with van der Waals surface area (Å²) >= 11 is 1.76. The number of aromatic amines is 1. The maximum Gasteiger partial charge on any atom is 0.400 e. The lowest BCUT2D eigenvalue weighted by Crippen LogP contribution is -2.27. The van der Waals surface area contributed by atoms with Crippen LogP contribution in [0.4, 0.5) is 13.2 Å². The Kier molecular flexibility index (Phi) is 8.15. The number of nitrogens with one attached hydrogen (secondary N) is 1. The van der Waals surface area contributed by atoms with Crippen LogP contribution in [0.3, 0.4) is 0 Å². The van der Waals surface area contributed by atoms with Crippen molar-refractivity contribution in [1.82, 2.24) is 9.97 Å². The molecule has 0 amide bonds. The highest BCUT2D eigenvalue weighted by Gasteiger charge is 2.42. The molecule has 0 bridgehead atoms. The second-order valence-corrected chi connectivity index (χ2v) is 8.64. The lowest BCUT2D eigenvalue weighted by atomic mass is 9.75. The largest absolute Gasteiger partial charge is 0.400 e. The molecule has 3 N–H and O–H groups in total. The van der Waals surface area contributed by atoms with Gasteiger partial charge in [-0.1, -0.05) is 73.1 Å². The molecule has 8 heteroatoms. The molecule has 0 unspecified atom stereocenters. The quantitative estimate of drug-likeness (QED) is 0.255. The number of benzene rings is 2. The first-order chi connectivity index (χ1) is 15.4. The average Bonchev–Trinajstić information content (AvgIpc) is 3.42.